The lowest BCUT2D eigenvalue weighted by Crippen LogP contribution is -2.39. The van der Waals surface area contributed by atoms with Gasteiger partial charge in [0.05, 0.1) is 25.1 Å². The summed E-state index contributed by atoms with van der Waals surface area (Å²) in [6, 6.07) is 7.61. The predicted octanol–water partition coefficient (Wildman–Crippen LogP) is 2.36. The standard InChI is InChI=1S/C18H22N4O3S/c1-4-25-17(23)16-12-11-22(10-9-13(12)20-21(16)2)18(26)19-14-7-5-6-8-15(14)24-3/h5-8H,4,9-11H2,1-3H3,(H,19,26). The minimum absolute atomic E-state index is 0.330. The van der Waals surface area contributed by atoms with Crippen LogP contribution in [0.5, 0.6) is 5.75 Å². The molecule has 138 valence electrons. The number of aryl methyl sites for hydroxylation is 1. The number of fused-ring (bicyclic) bond motifs is 1. The third-order valence-electron chi connectivity index (χ3n) is 4.30. The maximum absolute atomic E-state index is 12.3. The van der Waals surface area contributed by atoms with Gasteiger partial charge >= 0.3 is 5.97 Å². The summed E-state index contributed by atoms with van der Waals surface area (Å²) in [5.41, 5.74) is 3.10. The molecule has 0 aliphatic carbocycles. The molecule has 0 saturated carbocycles. The monoisotopic (exact) mass is 374 g/mol. The minimum Gasteiger partial charge on any atom is -0.495 e. The lowest BCUT2D eigenvalue weighted by molar-refractivity contribution is 0.0511. The number of para-hydroxylation sites is 2. The molecule has 3 rings (SSSR count). The number of hydrogen-bond acceptors (Lipinski definition) is 5. The molecule has 1 aliphatic rings. The first kappa shape index (κ1) is 18.2. The Hall–Kier alpha value is -2.61. The summed E-state index contributed by atoms with van der Waals surface area (Å²) in [5.74, 6) is 0.371. The number of aromatic nitrogens is 2. The third-order valence-corrected chi connectivity index (χ3v) is 4.66. The van der Waals surface area contributed by atoms with Crippen LogP contribution in [0.4, 0.5) is 5.69 Å². The van der Waals surface area contributed by atoms with Gasteiger partial charge in [0.15, 0.2) is 10.8 Å². The summed E-state index contributed by atoms with van der Waals surface area (Å²) in [5, 5.41) is 8.28. The molecule has 0 atom stereocenters. The fourth-order valence-electron chi connectivity index (χ4n) is 3.07. The number of nitrogens with zero attached hydrogens (tertiary/aromatic N) is 3. The van der Waals surface area contributed by atoms with E-state index in [1.165, 1.54) is 0 Å². The number of esters is 1. The van der Waals surface area contributed by atoms with Crippen molar-refractivity contribution in [3.63, 3.8) is 0 Å². The Morgan fingerprint density at radius 3 is 2.88 bits per heavy atom. The molecule has 1 aromatic carbocycles. The van der Waals surface area contributed by atoms with Crippen molar-refractivity contribution in [3.8, 4) is 5.75 Å². The molecular formula is C18H22N4O3S. The van der Waals surface area contributed by atoms with Crippen molar-refractivity contribution in [2.24, 2.45) is 7.05 Å². The number of anilines is 1. The van der Waals surface area contributed by atoms with Crippen LogP contribution in [0.15, 0.2) is 24.3 Å². The molecule has 1 N–H and O–H groups in total. The Bertz CT molecular complexity index is 834. The van der Waals surface area contributed by atoms with Gasteiger partial charge in [-0.1, -0.05) is 12.1 Å². The summed E-state index contributed by atoms with van der Waals surface area (Å²) in [6.45, 7) is 3.36. The average Bonchev–Trinajstić information content (AvgIpc) is 2.97. The van der Waals surface area contributed by atoms with Gasteiger partial charge in [-0.3, -0.25) is 4.68 Å². The van der Waals surface area contributed by atoms with Crippen molar-refractivity contribution >= 4 is 29.0 Å². The van der Waals surface area contributed by atoms with E-state index in [1.807, 2.05) is 29.2 Å². The second-order valence-corrected chi connectivity index (χ2v) is 6.31. The highest BCUT2D eigenvalue weighted by Gasteiger charge is 2.29. The smallest absolute Gasteiger partial charge is 0.356 e. The first-order valence-corrected chi connectivity index (χ1v) is 8.86. The van der Waals surface area contributed by atoms with Gasteiger partial charge in [-0.05, 0) is 31.3 Å². The summed E-state index contributed by atoms with van der Waals surface area (Å²) in [7, 11) is 3.39. The van der Waals surface area contributed by atoms with E-state index >= 15 is 0 Å². The number of ether oxygens (including phenoxy) is 2. The van der Waals surface area contributed by atoms with Crippen LogP contribution in [0.25, 0.3) is 0 Å². The fraction of sp³-hybridized carbons (Fsp3) is 0.389. The van der Waals surface area contributed by atoms with Gasteiger partial charge in [0, 0.05) is 32.1 Å². The molecular weight excluding hydrogens is 352 g/mol. The van der Waals surface area contributed by atoms with E-state index < -0.39 is 0 Å². The zero-order chi connectivity index (χ0) is 18.7. The highest BCUT2D eigenvalue weighted by Crippen LogP contribution is 2.26. The van der Waals surface area contributed by atoms with Crippen LogP contribution in [-0.2, 0) is 24.8 Å². The lowest BCUT2D eigenvalue weighted by atomic mass is 10.1. The quantitative estimate of drug-likeness (QED) is 0.651. The largest absolute Gasteiger partial charge is 0.495 e. The van der Waals surface area contributed by atoms with E-state index in [-0.39, 0.29) is 5.97 Å². The van der Waals surface area contributed by atoms with E-state index in [0.717, 1.165) is 35.7 Å². The van der Waals surface area contributed by atoms with Gasteiger partial charge in [-0.25, -0.2) is 4.79 Å². The highest BCUT2D eigenvalue weighted by atomic mass is 32.1. The molecule has 0 bridgehead atoms. The zero-order valence-corrected chi connectivity index (χ0v) is 15.9. The number of nitrogens with one attached hydrogen (secondary N) is 1. The molecule has 1 aliphatic heterocycles. The Kier molecular flexibility index (Phi) is 5.41. The van der Waals surface area contributed by atoms with E-state index in [1.54, 1.807) is 25.8 Å². The molecule has 0 spiro atoms. The Labute approximate surface area is 157 Å². The molecule has 0 unspecified atom stereocenters. The second-order valence-electron chi connectivity index (χ2n) is 5.92. The van der Waals surface area contributed by atoms with Crippen LogP contribution in [0.3, 0.4) is 0 Å². The predicted molar refractivity (Wildman–Crippen MR) is 102 cm³/mol. The third kappa shape index (κ3) is 3.50. The summed E-state index contributed by atoms with van der Waals surface area (Å²) < 4.78 is 12.1. The van der Waals surface area contributed by atoms with Crippen molar-refractivity contribution in [2.45, 2.75) is 19.9 Å². The normalized spacial score (nSPS) is 13.1. The molecule has 2 heterocycles. The van der Waals surface area contributed by atoms with E-state index in [4.69, 9.17) is 21.7 Å². The Morgan fingerprint density at radius 1 is 1.38 bits per heavy atom. The molecule has 0 amide bonds. The number of hydrogen-bond donors (Lipinski definition) is 1. The Morgan fingerprint density at radius 2 is 2.15 bits per heavy atom. The van der Waals surface area contributed by atoms with Gasteiger partial charge < -0.3 is 19.7 Å². The van der Waals surface area contributed by atoms with E-state index in [9.17, 15) is 4.79 Å². The first-order chi connectivity index (χ1) is 12.5. The maximum atomic E-state index is 12.3. The number of benzene rings is 1. The van der Waals surface area contributed by atoms with Crippen molar-refractivity contribution in [3.05, 3.63) is 41.2 Å². The van der Waals surface area contributed by atoms with Gasteiger partial charge in [0.2, 0.25) is 0 Å². The summed E-state index contributed by atoms with van der Waals surface area (Å²) in [6.07, 6.45) is 0.719. The highest BCUT2D eigenvalue weighted by molar-refractivity contribution is 7.80. The molecule has 0 saturated heterocycles. The number of carbonyl (C=O) groups excluding carboxylic acids is 1. The number of thiocarbonyl (C=S) groups is 1. The van der Waals surface area contributed by atoms with E-state index in [0.29, 0.717) is 24.0 Å². The van der Waals surface area contributed by atoms with Crippen LogP contribution in [-0.4, -0.2) is 46.0 Å². The summed E-state index contributed by atoms with van der Waals surface area (Å²) in [4.78, 5) is 14.3. The lowest BCUT2D eigenvalue weighted by Gasteiger charge is -2.29. The van der Waals surface area contributed by atoms with Crippen molar-refractivity contribution in [1.82, 2.24) is 14.7 Å². The van der Waals surface area contributed by atoms with Gasteiger partial charge in [-0.2, -0.15) is 5.10 Å². The molecule has 1 aromatic heterocycles. The van der Waals surface area contributed by atoms with E-state index in [2.05, 4.69) is 10.4 Å². The minimum atomic E-state index is -0.353. The van der Waals surface area contributed by atoms with Gasteiger partial charge in [0.1, 0.15) is 5.75 Å². The SMILES string of the molecule is CCOC(=O)c1c2c(nn1C)CCN(C(=S)Nc1ccccc1OC)C2. The number of methoxy groups -OCH3 is 1. The van der Waals surface area contributed by atoms with Crippen molar-refractivity contribution in [1.29, 1.82) is 0 Å². The number of carbonyl (C=O) groups is 1. The molecule has 0 fully saturated rings. The van der Waals surface area contributed by atoms with Crippen LogP contribution in [0.2, 0.25) is 0 Å². The van der Waals surface area contributed by atoms with Crippen LogP contribution >= 0.6 is 12.2 Å². The zero-order valence-electron chi connectivity index (χ0n) is 15.1. The molecule has 8 heteroatoms. The fourth-order valence-corrected chi connectivity index (χ4v) is 3.34. The molecule has 2 aromatic rings. The molecule has 0 radical (unpaired) electrons. The van der Waals surface area contributed by atoms with Crippen molar-refractivity contribution < 1.29 is 14.3 Å². The van der Waals surface area contributed by atoms with Gasteiger partial charge in [0.25, 0.3) is 0 Å². The molecule has 7 nitrogen and oxygen atoms in total. The second kappa shape index (κ2) is 7.74. The maximum Gasteiger partial charge on any atom is 0.356 e. The van der Waals surface area contributed by atoms with Crippen LogP contribution < -0.4 is 10.1 Å². The van der Waals surface area contributed by atoms with Gasteiger partial charge in [-0.15, -0.1) is 0 Å². The number of rotatable bonds is 4. The Balaban J connectivity index is 1.79. The van der Waals surface area contributed by atoms with Crippen molar-refractivity contribution in [2.75, 3.05) is 25.6 Å². The average molecular weight is 374 g/mol. The summed E-state index contributed by atoms with van der Waals surface area (Å²) >= 11 is 5.58. The molecule has 26 heavy (non-hydrogen) atoms. The van der Waals surface area contributed by atoms with Crippen LogP contribution in [0, 0.1) is 0 Å². The van der Waals surface area contributed by atoms with Crippen LogP contribution in [0.1, 0.15) is 28.7 Å². The first-order valence-electron chi connectivity index (χ1n) is 8.46. The topological polar surface area (TPSA) is 68.6 Å².